The minimum absolute atomic E-state index is 0.107. The van der Waals surface area contributed by atoms with Gasteiger partial charge in [-0.3, -0.25) is 19.2 Å². The standard InChI is InChI=1S/C28H47N5O7/c1-2-3-4-5-6-7-8-9-10-11-12-13-14-15-24(34)30-19-25(35)32-22(17-26(36)37)27(38)33-23(28(39)40)16-21-18-29-20-31-21/h18,20,22-23H,2-17,19H2,1H3,(H,29,31)(H,30,34)(H,32,35)(H,33,38)(H,36,37)(H,39,40)/t22-,23-/m0/s1. The molecule has 2 atom stereocenters. The van der Waals surface area contributed by atoms with Crippen LogP contribution >= 0.6 is 0 Å². The molecule has 226 valence electrons. The maximum atomic E-state index is 12.6. The Morgan fingerprint density at radius 2 is 1.38 bits per heavy atom. The maximum absolute atomic E-state index is 12.6. The number of H-pyrrole nitrogens is 1. The molecule has 40 heavy (non-hydrogen) atoms. The first-order chi connectivity index (χ1) is 19.2. The van der Waals surface area contributed by atoms with E-state index in [2.05, 4.69) is 32.8 Å². The summed E-state index contributed by atoms with van der Waals surface area (Å²) >= 11 is 0. The van der Waals surface area contributed by atoms with Crippen molar-refractivity contribution in [1.29, 1.82) is 0 Å². The lowest BCUT2D eigenvalue weighted by molar-refractivity contribution is -0.143. The fraction of sp³-hybridized carbons (Fsp3) is 0.714. The van der Waals surface area contributed by atoms with Gasteiger partial charge in [0.15, 0.2) is 0 Å². The minimum atomic E-state index is -1.51. The number of aromatic amines is 1. The minimum Gasteiger partial charge on any atom is -0.481 e. The number of carboxylic acid groups (broad SMARTS) is 2. The predicted molar refractivity (Wildman–Crippen MR) is 149 cm³/mol. The maximum Gasteiger partial charge on any atom is 0.326 e. The molecule has 0 spiro atoms. The third-order valence-corrected chi connectivity index (χ3v) is 6.58. The van der Waals surface area contributed by atoms with Gasteiger partial charge in [-0.05, 0) is 6.42 Å². The summed E-state index contributed by atoms with van der Waals surface area (Å²) in [6.45, 7) is 1.81. The molecule has 0 fully saturated rings. The topological polar surface area (TPSA) is 191 Å². The monoisotopic (exact) mass is 565 g/mol. The number of amides is 3. The first-order valence-corrected chi connectivity index (χ1v) is 14.5. The summed E-state index contributed by atoms with van der Waals surface area (Å²) in [6.07, 6.45) is 17.7. The second-order valence-electron chi connectivity index (χ2n) is 10.2. The highest BCUT2D eigenvalue weighted by Gasteiger charge is 2.28. The predicted octanol–water partition coefficient (Wildman–Crippen LogP) is 3.08. The molecule has 1 heterocycles. The van der Waals surface area contributed by atoms with Crippen molar-refractivity contribution in [3.05, 3.63) is 18.2 Å². The molecule has 0 saturated carbocycles. The van der Waals surface area contributed by atoms with E-state index in [9.17, 15) is 29.1 Å². The highest BCUT2D eigenvalue weighted by Crippen LogP contribution is 2.13. The zero-order valence-electron chi connectivity index (χ0n) is 23.7. The third-order valence-electron chi connectivity index (χ3n) is 6.58. The molecule has 1 aromatic rings. The molecule has 0 saturated heterocycles. The van der Waals surface area contributed by atoms with Gasteiger partial charge in [0.25, 0.3) is 0 Å². The number of imidazole rings is 1. The van der Waals surface area contributed by atoms with Crippen molar-refractivity contribution in [2.45, 2.75) is 122 Å². The summed E-state index contributed by atoms with van der Waals surface area (Å²) in [5.41, 5.74) is 0.456. The van der Waals surface area contributed by atoms with Gasteiger partial charge >= 0.3 is 11.9 Å². The molecular formula is C28H47N5O7. The molecule has 12 heteroatoms. The first kappa shape index (κ1) is 34.6. The molecule has 0 aliphatic carbocycles. The number of unbranched alkanes of at least 4 members (excludes halogenated alkanes) is 12. The third kappa shape index (κ3) is 17.2. The van der Waals surface area contributed by atoms with E-state index in [1.54, 1.807) is 0 Å². The smallest absolute Gasteiger partial charge is 0.326 e. The van der Waals surface area contributed by atoms with Crippen LogP contribution in [-0.2, 0) is 30.4 Å². The number of carbonyl (C=O) groups is 5. The van der Waals surface area contributed by atoms with Gasteiger partial charge in [0.05, 0.1) is 19.3 Å². The average molecular weight is 566 g/mol. The van der Waals surface area contributed by atoms with E-state index in [4.69, 9.17) is 5.11 Å². The number of hydrogen-bond donors (Lipinski definition) is 6. The Morgan fingerprint density at radius 3 is 1.88 bits per heavy atom. The van der Waals surface area contributed by atoms with Crippen molar-refractivity contribution >= 4 is 29.7 Å². The lowest BCUT2D eigenvalue weighted by atomic mass is 10.0. The Morgan fingerprint density at radius 1 is 0.800 bits per heavy atom. The van der Waals surface area contributed by atoms with Crippen LogP contribution in [-0.4, -0.2) is 68.5 Å². The highest BCUT2D eigenvalue weighted by molar-refractivity contribution is 5.94. The average Bonchev–Trinajstić information content (AvgIpc) is 3.42. The van der Waals surface area contributed by atoms with Crippen LogP contribution < -0.4 is 16.0 Å². The summed E-state index contributed by atoms with van der Waals surface area (Å²) in [7, 11) is 0. The number of hydrogen-bond acceptors (Lipinski definition) is 6. The second-order valence-corrected chi connectivity index (χ2v) is 10.2. The van der Waals surface area contributed by atoms with Crippen molar-refractivity contribution in [2.24, 2.45) is 0 Å². The lowest BCUT2D eigenvalue weighted by Gasteiger charge is -2.20. The Hall–Kier alpha value is -3.44. The van der Waals surface area contributed by atoms with Crippen LogP contribution in [0.2, 0.25) is 0 Å². The Kier molecular flexibility index (Phi) is 18.5. The number of aliphatic carboxylic acids is 2. The quantitative estimate of drug-likeness (QED) is 0.103. The van der Waals surface area contributed by atoms with E-state index >= 15 is 0 Å². The summed E-state index contributed by atoms with van der Waals surface area (Å²) in [5.74, 6) is -4.69. The lowest BCUT2D eigenvalue weighted by Crippen LogP contribution is -2.54. The van der Waals surface area contributed by atoms with E-state index in [0.29, 0.717) is 12.1 Å². The first-order valence-electron chi connectivity index (χ1n) is 14.5. The largest absolute Gasteiger partial charge is 0.481 e. The summed E-state index contributed by atoms with van der Waals surface area (Å²) < 4.78 is 0. The molecule has 3 amide bonds. The molecule has 0 aliphatic rings. The fourth-order valence-corrected chi connectivity index (χ4v) is 4.29. The number of nitrogens with one attached hydrogen (secondary N) is 4. The molecule has 12 nitrogen and oxygen atoms in total. The van der Waals surface area contributed by atoms with Crippen LogP contribution in [0.5, 0.6) is 0 Å². The number of carbonyl (C=O) groups excluding carboxylic acids is 3. The number of rotatable bonds is 24. The van der Waals surface area contributed by atoms with Gasteiger partial charge in [0.2, 0.25) is 17.7 Å². The Labute approximate surface area is 236 Å². The van der Waals surface area contributed by atoms with Crippen LogP contribution in [0.3, 0.4) is 0 Å². The second kappa shape index (κ2) is 21.4. The van der Waals surface area contributed by atoms with Crippen LogP contribution in [0.15, 0.2) is 12.5 Å². The fourth-order valence-electron chi connectivity index (χ4n) is 4.29. The van der Waals surface area contributed by atoms with E-state index in [-0.39, 0.29) is 18.7 Å². The Balaban J connectivity index is 2.25. The number of aromatic nitrogens is 2. The van der Waals surface area contributed by atoms with E-state index < -0.39 is 48.8 Å². The number of nitrogens with zero attached hydrogens (tertiary/aromatic N) is 1. The van der Waals surface area contributed by atoms with E-state index in [1.165, 1.54) is 70.3 Å². The van der Waals surface area contributed by atoms with E-state index in [0.717, 1.165) is 19.3 Å². The van der Waals surface area contributed by atoms with Crippen molar-refractivity contribution in [1.82, 2.24) is 25.9 Å². The molecule has 0 aliphatic heterocycles. The van der Waals surface area contributed by atoms with E-state index in [1.807, 2.05) is 0 Å². The molecule has 0 radical (unpaired) electrons. The zero-order chi connectivity index (χ0) is 29.6. The van der Waals surface area contributed by atoms with Gasteiger partial charge in [-0.15, -0.1) is 0 Å². The molecule has 0 bridgehead atoms. The van der Waals surface area contributed by atoms with Crippen LogP contribution in [0.4, 0.5) is 0 Å². The van der Waals surface area contributed by atoms with Crippen molar-refractivity contribution < 1.29 is 34.2 Å². The van der Waals surface area contributed by atoms with Crippen molar-refractivity contribution in [3.8, 4) is 0 Å². The van der Waals surface area contributed by atoms with Crippen LogP contribution in [0.25, 0.3) is 0 Å². The normalized spacial score (nSPS) is 12.3. The summed E-state index contributed by atoms with van der Waals surface area (Å²) in [4.78, 5) is 66.2. The molecule has 1 rings (SSSR count). The van der Waals surface area contributed by atoms with Gasteiger partial charge in [0.1, 0.15) is 12.1 Å². The number of carboxylic acids is 2. The zero-order valence-corrected chi connectivity index (χ0v) is 23.7. The highest BCUT2D eigenvalue weighted by atomic mass is 16.4. The molecule has 0 aromatic carbocycles. The van der Waals surface area contributed by atoms with Gasteiger partial charge in [-0.1, -0.05) is 84.0 Å². The molecular weight excluding hydrogens is 518 g/mol. The molecule has 0 unspecified atom stereocenters. The van der Waals surface area contributed by atoms with Crippen LogP contribution in [0, 0.1) is 0 Å². The summed E-state index contributed by atoms with van der Waals surface area (Å²) in [6, 6.07) is -2.87. The van der Waals surface area contributed by atoms with Gasteiger partial charge < -0.3 is 31.1 Å². The summed E-state index contributed by atoms with van der Waals surface area (Å²) in [5, 5.41) is 25.5. The van der Waals surface area contributed by atoms with Gasteiger partial charge in [0, 0.05) is 24.7 Å². The molecule has 6 N–H and O–H groups in total. The van der Waals surface area contributed by atoms with Crippen molar-refractivity contribution in [2.75, 3.05) is 6.54 Å². The SMILES string of the molecule is CCCCCCCCCCCCCCCC(=O)NCC(=O)N[C@@H](CC(=O)O)C(=O)N[C@@H](Cc1cnc[nH]1)C(=O)O. The van der Waals surface area contributed by atoms with Gasteiger partial charge in [-0.2, -0.15) is 0 Å². The molecule has 1 aromatic heterocycles. The van der Waals surface area contributed by atoms with Crippen LogP contribution in [0.1, 0.15) is 109 Å². The Bertz CT molecular complexity index is 892. The van der Waals surface area contributed by atoms with Crippen molar-refractivity contribution in [3.63, 3.8) is 0 Å². The van der Waals surface area contributed by atoms with Gasteiger partial charge in [-0.25, -0.2) is 9.78 Å².